The van der Waals surface area contributed by atoms with Crippen LogP contribution in [-0.4, -0.2) is 48.8 Å². The van der Waals surface area contributed by atoms with E-state index in [0.29, 0.717) is 17.4 Å². The van der Waals surface area contributed by atoms with Gasteiger partial charge in [0, 0.05) is 0 Å². The fourth-order valence-electron chi connectivity index (χ4n) is 3.15. The molecule has 130 valence electrons. The summed E-state index contributed by atoms with van der Waals surface area (Å²) in [5.74, 6) is 0.113. The zero-order valence-electron chi connectivity index (χ0n) is 13.2. The molecule has 2 aromatic rings. The summed E-state index contributed by atoms with van der Waals surface area (Å²) in [6.07, 6.45) is -2.31. The van der Waals surface area contributed by atoms with Crippen LogP contribution in [0.25, 0.3) is 5.65 Å². The van der Waals surface area contributed by atoms with Crippen LogP contribution in [0.5, 0.6) is 0 Å². The number of fused-ring (bicyclic) bond motifs is 1. The van der Waals surface area contributed by atoms with Gasteiger partial charge in [-0.25, -0.2) is 0 Å². The second-order valence-electron chi connectivity index (χ2n) is 6.07. The van der Waals surface area contributed by atoms with E-state index in [4.69, 9.17) is 0 Å². The molecular formula is C15H18AsF3N4O. The number of likely N-dealkylation sites (tertiary alicyclic amines) is 1. The van der Waals surface area contributed by atoms with Gasteiger partial charge in [0.15, 0.2) is 0 Å². The van der Waals surface area contributed by atoms with Gasteiger partial charge in [-0.15, -0.1) is 0 Å². The van der Waals surface area contributed by atoms with Crippen molar-refractivity contribution < 1.29 is 18.0 Å². The van der Waals surface area contributed by atoms with E-state index in [2.05, 4.69) is 10.1 Å². The number of halogens is 3. The Kier molecular flexibility index (Phi) is 4.60. The van der Waals surface area contributed by atoms with Crippen LogP contribution < -0.4 is 4.48 Å². The first-order valence-corrected chi connectivity index (χ1v) is 8.99. The van der Waals surface area contributed by atoms with Crippen LogP contribution >= 0.6 is 0 Å². The van der Waals surface area contributed by atoms with Crippen molar-refractivity contribution in [3.05, 3.63) is 23.5 Å². The molecular weight excluding hydrogens is 384 g/mol. The Balaban J connectivity index is 1.98. The molecule has 1 aliphatic heterocycles. The third kappa shape index (κ3) is 3.29. The van der Waals surface area contributed by atoms with E-state index in [1.165, 1.54) is 32.3 Å². The van der Waals surface area contributed by atoms with Crippen LogP contribution in [0.1, 0.15) is 37.6 Å². The summed E-state index contributed by atoms with van der Waals surface area (Å²) in [4.78, 5) is 17.3. The van der Waals surface area contributed by atoms with Gasteiger partial charge in [0.25, 0.3) is 0 Å². The number of amides is 1. The Hall–Kier alpha value is -1.56. The molecule has 2 aromatic heterocycles. The minimum atomic E-state index is -4.58. The normalized spacial score (nSPS) is 18.8. The van der Waals surface area contributed by atoms with Crippen molar-refractivity contribution in [1.29, 1.82) is 0 Å². The molecule has 24 heavy (non-hydrogen) atoms. The van der Waals surface area contributed by atoms with E-state index in [1.807, 2.05) is 6.92 Å². The molecule has 9 heteroatoms. The molecule has 0 bridgehead atoms. The van der Waals surface area contributed by atoms with Gasteiger partial charge in [-0.05, 0) is 0 Å². The molecule has 3 heterocycles. The minimum absolute atomic E-state index is 0.0671. The van der Waals surface area contributed by atoms with Crippen LogP contribution in [0.15, 0.2) is 12.1 Å². The third-order valence-corrected chi connectivity index (χ3v) is 4.84. The second-order valence-corrected chi connectivity index (χ2v) is 7.31. The Morgan fingerprint density at radius 1 is 1.38 bits per heavy atom. The van der Waals surface area contributed by atoms with Gasteiger partial charge in [0.05, 0.1) is 0 Å². The van der Waals surface area contributed by atoms with Crippen molar-refractivity contribution >= 4 is 32.9 Å². The van der Waals surface area contributed by atoms with Gasteiger partial charge in [0.2, 0.25) is 0 Å². The number of hydrogen-bond donors (Lipinski definition) is 0. The summed E-state index contributed by atoms with van der Waals surface area (Å²) in [7, 11) is 0. The van der Waals surface area contributed by atoms with Gasteiger partial charge in [-0.2, -0.15) is 0 Å². The Bertz CT molecular complexity index is 774. The summed E-state index contributed by atoms with van der Waals surface area (Å²) in [6, 6.07) is 3.17. The molecule has 2 unspecified atom stereocenters. The zero-order valence-corrected chi connectivity index (χ0v) is 15.6. The molecule has 3 rings (SSSR count). The van der Waals surface area contributed by atoms with Gasteiger partial charge in [0.1, 0.15) is 0 Å². The first-order chi connectivity index (χ1) is 11.3. The first kappa shape index (κ1) is 17.3. The standard InChI is InChI=1S/C15H18AsF3N4O/c1-2-3-9-6-13(24)22(7-9)8-10-14(15(17,18)19)20-12-5-4-11(16)21-23(10)12/h4-5,9H,2-3,6-8,16H2,1H3. The van der Waals surface area contributed by atoms with E-state index in [-0.39, 0.29) is 29.7 Å². The number of aromatic nitrogens is 3. The van der Waals surface area contributed by atoms with Crippen molar-refractivity contribution in [1.82, 2.24) is 19.5 Å². The van der Waals surface area contributed by atoms with Crippen molar-refractivity contribution in [2.75, 3.05) is 6.54 Å². The molecule has 1 fully saturated rings. The van der Waals surface area contributed by atoms with Gasteiger partial charge in [-0.3, -0.25) is 0 Å². The molecule has 0 saturated carbocycles. The maximum atomic E-state index is 13.4. The molecule has 1 aliphatic rings. The Morgan fingerprint density at radius 2 is 2.12 bits per heavy atom. The van der Waals surface area contributed by atoms with E-state index < -0.39 is 11.9 Å². The predicted octanol–water partition coefficient (Wildman–Crippen LogP) is 1.16. The van der Waals surface area contributed by atoms with Crippen LogP contribution in [0.4, 0.5) is 13.2 Å². The summed E-state index contributed by atoms with van der Waals surface area (Å²) >= 11 is 1.22. The average Bonchev–Trinajstić information content (AvgIpc) is 3.01. The maximum absolute atomic E-state index is 13.4. The summed E-state index contributed by atoms with van der Waals surface area (Å²) in [5, 5.41) is 4.18. The summed E-state index contributed by atoms with van der Waals surface area (Å²) < 4.78 is 41.9. The van der Waals surface area contributed by atoms with Gasteiger partial charge >= 0.3 is 145 Å². The van der Waals surface area contributed by atoms with Crippen molar-refractivity contribution in [2.24, 2.45) is 5.92 Å². The van der Waals surface area contributed by atoms with Crippen molar-refractivity contribution in [3.63, 3.8) is 0 Å². The van der Waals surface area contributed by atoms with E-state index in [0.717, 1.165) is 12.8 Å². The molecule has 0 spiro atoms. The zero-order chi connectivity index (χ0) is 17.5. The number of nitrogens with zero attached hydrogens (tertiary/aromatic N) is 4. The molecule has 0 radical (unpaired) electrons. The number of hydrogen-bond acceptors (Lipinski definition) is 3. The monoisotopic (exact) mass is 402 g/mol. The van der Waals surface area contributed by atoms with E-state index in [1.54, 1.807) is 6.07 Å². The van der Waals surface area contributed by atoms with Crippen molar-refractivity contribution in [2.45, 2.75) is 38.9 Å². The molecule has 2 atom stereocenters. The van der Waals surface area contributed by atoms with Crippen LogP contribution in [0.3, 0.4) is 0 Å². The predicted molar refractivity (Wildman–Crippen MR) is 84.6 cm³/mol. The number of carbonyl (C=O) groups is 1. The quantitative estimate of drug-likeness (QED) is 0.722. The summed E-state index contributed by atoms with van der Waals surface area (Å²) in [6.45, 7) is 2.42. The third-order valence-electron chi connectivity index (χ3n) is 4.19. The van der Waals surface area contributed by atoms with E-state index in [9.17, 15) is 18.0 Å². The van der Waals surface area contributed by atoms with E-state index >= 15 is 0 Å². The number of imidazole rings is 1. The molecule has 0 aromatic carbocycles. The Morgan fingerprint density at radius 3 is 2.79 bits per heavy atom. The summed E-state index contributed by atoms with van der Waals surface area (Å²) in [5.41, 5.74) is -0.877. The van der Waals surface area contributed by atoms with Crippen molar-refractivity contribution in [3.8, 4) is 0 Å². The van der Waals surface area contributed by atoms with Crippen LogP contribution in [0.2, 0.25) is 0 Å². The second kappa shape index (κ2) is 6.39. The fraction of sp³-hybridized carbons (Fsp3) is 0.533. The number of alkyl halides is 3. The fourth-order valence-corrected chi connectivity index (χ4v) is 3.60. The van der Waals surface area contributed by atoms with Gasteiger partial charge < -0.3 is 0 Å². The average molecular weight is 402 g/mol. The molecule has 1 saturated heterocycles. The van der Waals surface area contributed by atoms with Gasteiger partial charge in [-0.1, -0.05) is 0 Å². The topological polar surface area (TPSA) is 50.5 Å². The Labute approximate surface area is 145 Å². The number of rotatable bonds is 4. The number of carbonyl (C=O) groups excluding carboxylic acids is 1. The van der Waals surface area contributed by atoms with Crippen LogP contribution in [0, 0.1) is 5.92 Å². The molecule has 5 nitrogen and oxygen atoms in total. The first-order valence-electron chi connectivity index (χ1n) is 7.78. The van der Waals surface area contributed by atoms with Crippen LogP contribution in [-0.2, 0) is 17.5 Å². The molecule has 0 aliphatic carbocycles. The molecule has 1 amide bonds. The molecule has 0 N–H and O–H groups in total. The SMILES string of the molecule is CCCC1CC(=O)N(Cc2c(C(F)(F)F)nc3ccc([AsH2])nn23)C1.